The van der Waals surface area contributed by atoms with Crippen molar-refractivity contribution in [3.63, 3.8) is 0 Å². The van der Waals surface area contributed by atoms with Crippen LogP contribution in [-0.4, -0.2) is 59.5 Å². The molecule has 5 nitrogen and oxygen atoms in total. The predicted molar refractivity (Wildman–Crippen MR) is 59.4 cm³/mol. The van der Waals surface area contributed by atoms with Crippen LogP contribution in [0, 0.1) is 0 Å². The van der Waals surface area contributed by atoms with Crippen LogP contribution in [0.2, 0.25) is 0 Å². The van der Waals surface area contributed by atoms with Crippen LogP contribution in [0.4, 0.5) is 0 Å². The van der Waals surface area contributed by atoms with Crippen LogP contribution >= 0.6 is 0 Å². The van der Waals surface area contributed by atoms with Crippen LogP contribution in [0.25, 0.3) is 0 Å². The lowest BCUT2D eigenvalue weighted by molar-refractivity contribution is -0.163. The molecule has 0 radical (unpaired) electrons. The van der Waals surface area contributed by atoms with Crippen LogP contribution in [0.3, 0.4) is 0 Å². The van der Waals surface area contributed by atoms with Crippen molar-refractivity contribution in [2.75, 3.05) is 32.8 Å². The Morgan fingerprint density at radius 2 is 2.06 bits per heavy atom. The van der Waals surface area contributed by atoms with E-state index in [0.29, 0.717) is 25.9 Å². The fourth-order valence-corrected chi connectivity index (χ4v) is 1.89. The van der Waals surface area contributed by atoms with Crippen LogP contribution in [0.5, 0.6) is 0 Å². The second-order valence-electron chi connectivity index (χ2n) is 4.23. The summed E-state index contributed by atoms with van der Waals surface area (Å²) in [5.74, 6) is -1.10. The first kappa shape index (κ1) is 13.4. The molecule has 1 heterocycles. The first-order valence-corrected chi connectivity index (χ1v) is 5.84. The smallest absolute Gasteiger partial charge is 0.335 e. The zero-order valence-electron chi connectivity index (χ0n) is 9.81. The second-order valence-corrected chi connectivity index (χ2v) is 4.23. The topological polar surface area (TPSA) is 70.0 Å². The maximum absolute atomic E-state index is 10.8. The van der Waals surface area contributed by atoms with Gasteiger partial charge in [0.1, 0.15) is 0 Å². The Labute approximate surface area is 96.0 Å². The Kier molecular flexibility index (Phi) is 5.18. The van der Waals surface area contributed by atoms with E-state index in [4.69, 9.17) is 9.84 Å². The minimum absolute atomic E-state index is 0.316. The summed E-state index contributed by atoms with van der Waals surface area (Å²) in [4.78, 5) is 13.0. The van der Waals surface area contributed by atoms with E-state index in [0.717, 1.165) is 26.2 Å². The van der Waals surface area contributed by atoms with Crippen molar-refractivity contribution in [3.05, 3.63) is 0 Å². The fourth-order valence-electron chi connectivity index (χ4n) is 1.89. The molecular weight excluding hydrogens is 210 g/mol. The van der Waals surface area contributed by atoms with Gasteiger partial charge in [0, 0.05) is 32.8 Å². The maximum Gasteiger partial charge on any atom is 0.335 e. The van der Waals surface area contributed by atoms with Gasteiger partial charge >= 0.3 is 5.97 Å². The van der Waals surface area contributed by atoms with Gasteiger partial charge in [-0.3, -0.25) is 0 Å². The van der Waals surface area contributed by atoms with Gasteiger partial charge in [-0.2, -0.15) is 0 Å². The minimum atomic E-state index is -1.50. The van der Waals surface area contributed by atoms with Crippen molar-refractivity contribution < 1.29 is 19.7 Å². The summed E-state index contributed by atoms with van der Waals surface area (Å²) in [5.41, 5.74) is -1.50. The molecule has 1 rings (SSSR count). The molecule has 0 aromatic carbocycles. The van der Waals surface area contributed by atoms with Gasteiger partial charge in [0.15, 0.2) is 5.60 Å². The van der Waals surface area contributed by atoms with Crippen molar-refractivity contribution in [2.24, 2.45) is 0 Å². The van der Waals surface area contributed by atoms with E-state index in [2.05, 4.69) is 4.90 Å². The Hall–Kier alpha value is -0.650. The number of rotatable bonds is 6. The standard InChI is InChI=1S/C11H21NO4/c1-2-16-9-3-6-12-7-4-11(15,5-8-12)10(13)14/h15H,2-9H2,1H3,(H,13,14). The number of nitrogens with zero attached hydrogens (tertiary/aromatic N) is 1. The molecule has 2 N–H and O–H groups in total. The number of carboxylic acids is 1. The van der Waals surface area contributed by atoms with Gasteiger partial charge in [-0.25, -0.2) is 4.79 Å². The Bertz CT molecular complexity index is 224. The van der Waals surface area contributed by atoms with Gasteiger partial charge in [0.2, 0.25) is 0 Å². The highest BCUT2D eigenvalue weighted by Gasteiger charge is 2.38. The molecule has 1 aliphatic heterocycles. The Morgan fingerprint density at radius 3 is 2.56 bits per heavy atom. The largest absolute Gasteiger partial charge is 0.479 e. The monoisotopic (exact) mass is 231 g/mol. The van der Waals surface area contributed by atoms with Gasteiger partial charge in [0.25, 0.3) is 0 Å². The van der Waals surface area contributed by atoms with E-state index in [9.17, 15) is 9.90 Å². The zero-order valence-corrected chi connectivity index (χ0v) is 9.81. The molecule has 1 saturated heterocycles. The Balaban J connectivity index is 2.19. The van der Waals surface area contributed by atoms with E-state index in [1.165, 1.54) is 0 Å². The normalized spacial score (nSPS) is 20.9. The highest BCUT2D eigenvalue weighted by atomic mass is 16.5. The highest BCUT2D eigenvalue weighted by Crippen LogP contribution is 2.22. The number of hydrogen-bond donors (Lipinski definition) is 2. The molecule has 0 spiro atoms. The van der Waals surface area contributed by atoms with Gasteiger partial charge in [-0.05, 0) is 26.2 Å². The summed E-state index contributed by atoms with van der Waals surface area (Å²) in [5, 5.41) is 18.6. The highest BCUT2D eigenvalue weighted by molar-refractivity contribution is 5.77. The third-order valence-corrected chi connectivity index (χ3v) is 3.05. The number of aliphatic carboxylic acids is 1. The fraction of sp³-hybridized carbons (Fsp3) is 0.909. The van der Waals surface area contributed by atoms with Crippen molar-refractivity contribution in [3.8, 4) is 0 Å². The maximum atomic E-state index is 10.8. The summed E-state index contributed by atoms with van der Waals surface area (Å²) >= 11 is 0. The average molecular weight is 231 g/mol. The summed E-state index contributed by atoms with van der Waals surface area (Å²) in [6.45, 7) is 5.66. The zero-order chi connectivity index (χ0) is 12.0. The van der Waals surface area contributed by atoms with E-state index < -0.39 is 11.6 Å². The van der Waals surface area contributed by atoms with Crippen molar-refractivity contribution in [1.82, 2.24) is 4.90 Å². The summed E-state index contributed by atoms with van der Waals surface area (Å²) < 4.78 is 5.23. The Morgan fingerprint density at radius 1 is 1.44 bits per heavy atom. The van der Waals surface area contributed by atoms with Crippen LogP contribution in [0.1, 0.15) is 26.2 Å². The lowest BCUT2D eigenvalue weighted by Crippen LogP contribution is -2.49. The van der Waals surface area contributed by atoms with Gasteiger partial charge in [0.05, 0.1) is 0 Å². The predicted octanol–water partition coefficient (Wildman–Crippen LogP) is 0.324. The molecule has 0 aliphatic carbocycles. The SMILES string of the molecule is CCOCCCN1CCC(O)(C(=O)O)CC1. The number of hydrogen-bond acceptors (Lipinski definition) is 4. The molecule has 0 aromatic rings. The van der Waals surface area contributed by atoms with Crippen LogP contribution in [0.15, 0.2) is 0 Å². The molecule has 0 saturated carbocycles. The first-order chi connectivity index (χ1) is 7.58. The molecule has 0 amide bonds. The number of ether oxygens (including phenoxy) is 1. The molecule has 94 valence electrons. The van der Waals surface area contributed by atoms with E-state index in [1.54, 1.807) is 0 Å². The number of carboxylic acid groups (broad SMARTS) is 1. The lowest BCUT2D eigenvalue weighted by Gasteiger charge is -2.35. The lowest BCUT2D eigenvalue weighted by atomic mass is 9.91. The number of piperidine rings is 1. The minimum Gasteiger partial charge on any atom is -0.479 e. The number of carbonyl (C=O) groups is 1. The third-order valence-electron chi connectivity index (χ3n) is 3.05. The molecule has 0 atom stereocenters. The molecule has 0 bridgehead atoms. The van der Waals surface area contributed by atoms with E-state index in [-0.39, 0.29) is 0 Å². The molecule has 0 unspecified atom stereocenters. The van der Waals surface area contributed by atoms with Gasteiger partial charge in [-0.15, -0.1) is 0 Å². The first-order valence-electron chi connectivity index (χ1n) is 5.84. The van der Waals surface area contributed by atoms with Crippen molar-refractivity contribution in [2.45, 2.75) is 31.8 Å². The second kappa shape index (κ2) is 6.18. The number of aliphatic hydroxyl groups is 1. The van der Waals surface area contributed by atoms with Gasteiger partial charge < -0.3 is 19.8 Å². The molecule has 0 aromatic heterocycles. The molecular formula is C11H21NO4. The average Bonchev–Trinajstić information content (AvgIpc) is 2.27. The van der Waals surface area contributed by atoms with E-state index >= 15 is 0 Å². The van der Waals surface area contributed by atoms with Gasteiger partial charge in [-0.1, -0.05) is 0 Å². The van der Waals surface area contributed by atoms with Crippen LogP contribution in [-0.2, 0) is 9.53 Å². The van der Waals surface area contributed by atoms with Crippen LogP contribution < -0.4 is 0 Å². The summed E-state index contributed by atoms with van der Waals surface area (Å²) in [7, 11) is 0. The number of likely N-dealkylation sites (tertiary alicyclic amines) is 1. The molecule has 16 heavy (non-hydrogen) atoms. The van der Waals surface area contributed by atoms with Crippen molar-refractivity contribution >= 4 is 5.97 Å². The molecule has 1 fully saturated rings. The quantitative estimate of drug-likeness (QED) is 0.644. The van der Waals surface area contributed by atoms with Crippen molar-refractivity contribution in [1.29, 1.82) is 0 Å². The summed E-state index contributed by atoms with van der Waals surface area (Å²) in [6.07, 6.45) is 1.59. The molecule has 1 aliphatic rings. The van der Waals surface area contributed by atoms with E-state index in [1.807, 2.05) is 6.92 Å². The third kappa shape index (κ3) is 3.73. The summed E-state index contributed by atoms with van der Waals surface area (Å²) in [6, 6.07) is 0. The molecule has 5 heteroatoms.